The highest BCUT2D eigenvalue weighted by atomic mass is 16.4. The van der Waals surface area contributed by atoms with Gasteiger partial charge in [-0.2, -0.15) is 4.98 Å². The van der Waals surface area contributed by atoms with Crippen molar-refractivity contribution < 1.29 is 14.3 Å². The van der Waals surface area contributed by atoms with Crippen LogP contribution in [0.25, 0.3) is 0 Å². The van der Waals surface area contributed by atoms with Crippen LogP contribution in [0.3, 0.4) is 0 Å². The van der Waals surface area contributed by atoms with Gasteiger partial charge in [0.2, 0.25) is 0 Å². The van der Waals surface area contributed by atoms with Crippen LogP contribution in [-0.2, 0) is 0 Å². The Bertz CT molecular complexity index is 333. The predicted molar refractivity (Wildman–Crippen MR) is 56.2 cm³/mol. The van der Waals surface area contributed by atoms with Gasteiger partial charge in [-0.3, -0.25) is 0 Å². The van der Waals surface area contributed by atoms with Gasteiger partial charge in [-0.05, 0) is 12.8 Å². The summed E-state index contributed by atoms with van der Waals surface area (Å²) in [5.74, 6) is -0.587. The van der Waals surface area contributed by atoms with Gasteiger partial charge in [0.1, 0.15) is 6.26 Å². The molecule has 1 heterocycles. The van der Waals surface area contributed by atoms with E-state index >= 15 is 0 Å². The van der Waals surface area contributed by atoms with E-state index in [2.05, 4.69) is 18.8 Å². The molecule has 0 saturated carbocycles. The van der Waals surface area contributed by atoms with Crippen LogP contribution in [0.4, 0.5) is 6.01 Å². The number of oxazole rings is 1. The first-order valence-corrected chi connectivity index (χ1v) is 4.98. The molecule has 0 aliphatic heterocycles. The van der Waals surface area contributed by atoms with Crippen molar-refractivity contribution in [3.8, 4) is 0 Å². The SMILES string of the molecule is CCN(CC(C)C)c1nc(C(=O)O)co1. The van der Waals surface area contributed by atoms with E-state index in [0.29, 0.717) is 11.9 Å². The van der Waals surface area contributed by atoms with Gasteiger partial charge in [-0.1, -0.05) is 13.8 Å². The van der Waals surface area contributed by atoms with Crippen LogP contribution in [-0.4, -0.2) is 29.1 Å². The molecule has 5 heteroatoms. The second kappa shape index (κ2) is 4.82. The summed E-state index contributed by atoms with van der Waals surface area (Å²) in [6, 6.07) is 0.378. The van der Waals surface area contributed by atoms with Gasteiger partial charge in [-0.15, -0.1) is 0 Å². The summed E-state index contributed by atoms with van der Waals surface area (Å²) < 4.78 is 5.11. The highest BCUT2D eigenvalue weighted by Crippen LogP contribution is 2.14. The summed E-state index contributed by atoms with van der Waals surface area (Å²) in [4.78, 5) is 16.4. The minimum absolute atomic E-state index is 0.0489. The van der Waals surface area contributed by atoms with Crippen LogP contribution in [0, 0.1) is 5.92 Å². The van der Waals surface area contributed by atoms with E-state index in [-0.39, 0.29) is 5.69 Å². The van der Waals surface area contributed by atoms with Crippen LogP contribution >= 0.6 is 0 Å². The number of aromatic nitrogens is 1. The molecule has 15 heavy (non-hydrogen) atoms. The smallest absolute Gasteiger partial charge is 0.357 e. The van der Waals surface area contributed by atoms with Gasteiger partial charge in [-0.25, -0.2) is 4.79 Å². The first-order valence-electron chi connectivity index (χ1n) is 4.98. The lowest BCUT2D eigenvalue weighted by Gasteiger charge is -2.20. The Balaban J connectivity index is 2.78. The number of nitrogens with zero attached hydrogens (tertiary/aromatic N) is 2. The second-order valence-electron chi connectivity index (χ2n) is 3.75. The van der Waals surface area contributed by atoms with E-state index in [1.165, 1.54) is 6.26 Å². The maximum atomic E-state index is 10.6. The van der Waals surface area contributed by atoms with E-state index in [0.717, 1.165) is 13.1 Å². The maximum absolute atomic E-state index is 10.6. The van der Waals surface area contributed by atoms with Crippen molar-refractivity contribution in [2.24, 2.45) is 5.92 Å². The van der Waals surface area contributed by atoms with Crippen molar-refractivity contribution in [2.75, 3.05) is 18.0 Å². The Morgan fingerprint density at radius 3 is 2.73 bits per heavy atom. The number of rotatable bonds is 5. The predicted octanol–water partition coefficient (Wildman–Crippen LogP) is 1.86. The van der Waals surface area contributed by atoms with Gasteiger partial charge in [0, 0.05) is 13.1 Å². The fourth-order valence-electron chi connectivity index (χ4n) is 1.29. The van der Waals surface area contributed by atoms with Crippen LogP contribution in [0.15, 0.2) is 10.7 Å². The molecule has 1 aromatic heterocycles. The minimum Gasteiger partial charge on any atom is -0.476 e. The molecule has 1 aromatic rings. The molecule has 0 fully saturated rings. The average Bonchev–Trinajstić information content (AvgIpc) is 2.62. The van der Waals surface area contributed by atoms with E-state index in [1.54, 1.807) is 0 Å². The zero-order chi connectivity index (χ0) is 11.4. The summed E-state index contributed by atoms with van der Waals surface area (Å²) in [7, 11) is 0. The van der Waals surface area contributed by atoms with Crippen molar-refractivity contribution in [1.29, 1.82) is 0 Å². The highest BCUT2D eigenvalue weighted by Gasteiger charge is 2.15. The van der Waals surface area contributed by atoms with Gasteiger partial charge in [0.25, 0.3) is 6.01 Å². The first kappa shape index (κ1) is 11.6. The number of anilines is 1. The molecule has 0 amide bonds. The van der Waals surface area contributed by atoms with Crippen molar-refractivity contribution in [3.63, 3.8) is 0 Å². The number of aromatic carboxylic acids is 1. The Hall–Kier alpha value is -1.52. The highest BCUT2D eigenvalue weighted by molar-refractivity contribution is 5.85. The van der Waals surface area contributed by atoms with Crippen molar-refractivity contribution >= 4 is 12.0 Å². The van der Waals surface area contributed by atoms with Crippen molar-refractivity contribution in [2.45, 2.75) is 20.8 Å². The van der Waals surface area contributed by atoms with Crippen LogP contribution < -0.4 is 4.90 Å². The van der Waals surface area contributed by atoms with E-state index in [4.69, 9.17) is 9.52 Å². The first-order chi connectivity index (χ1) is 7.04. The van der Waals surface area contributed by atoms with Gasteiger partial charge in [0.05, 0.1) is 0 Å². The third kappa shape index (κ3) is 2.97. The molecule has 0 radical (unpaired) electrons. The molecular formula is C10H16N2O3. The average molecular weight is 212 g/mol. The molecule has 0 spiro atoms. The fourth-order valence-corrected chi connectivity index (χ4v) is 1.29. The molecule has 84 valence electrons. The number of carboxylic acid groups (broad SMARTS) is 1. The maximum Gasteiger partial charge on any atom is 0.357 e. The second-order valence-corrected chi connectivity index (χ2v) is 3.75. The van der Waals surface area contributed by atoms with Crippen molar-refractivity contribution in [1.82, 2.24) is 4.98 Å². The summed E-state index contributed by atoms with van der Waals surface area (Å²) in [5, 5.41) is 8.69. The van der Waals surface area contributed by atoms with E-state index in [1.807, 2.05) is 11.8 Å². The normalized spacial score (nSPS) is 10.7. The Labute approximate surface area is 88.7 Å². The Morgan fingerprint density at radius 1 is 1.67 bits per heavy atom. The Morgan fingerprint density at radius 2 is 2.33 bits per heavy atom. The quantitative estimate of drug-likeness (QED) is 0.806. The monoisotopic (exact) mass is 212 g/mol. The zero-order valence-corrected chi connectivity index (χ0v) is 9.23. The number of hydrogen-bond acceptors (Lipinski definition) is 4. The third-order valence-corrected chi connectivity index (χ3v) is 1.95. The lowest BCUT2D eigenvalue weighted by atomic mass is 10.2. The van der Waals surface area contributed by atoms with Crippen LogP contribution in [0.2, 0.25) is 0 Å². The molecule has 1 N–H and O–H groups in total. The molecule has 0 aliphatic rings. The zero-order valence-electron chi connectivity index (χ0n) is 9.23. The number of carbonyl (C=O) groups is 1. The van der Waals surface area contributed by atoms with Gasteiger partial charge in [0.15, 0.2) is 5.69 Å². The molecule has 1 rings (SSSR count). The summed E-state index contributed by atoms with van der Waals surface area (Å²) >= 11 is 0. The summed E-state index contributed by atoms with van der Waals surface area (Å²) in [5.41, 5.74) is -0.0489. The molecular weight excluding hydrogens is 196 g/mol. The molecule has 0 atom stereocenters. The van der Waals surface area contributed by atoms with E-state index in [9.17, 15) is 4.79 Å². The van der Waals surface area contributed by atoms with E-state index < -0.39 is 5.97 Å². The summed E-state index contributed by atoms with van der Waals surface area (Å²) in [6.45, 7) is 7.70. The molecule has 0 aromatic carbocycles. The molecule has 0 bridgehead atoms. The third-order valence-electron chi connectivity index (χ3n) is 1.95. The fraction of sp³-hybridized carbons (Fsp3) is 0.600. The topological polar surface area (TPSA) is 66.6 Å². The van der Waals surface area contributed by atoms with Gasteiger partial charge >= 0.3 is 5.97 Å². The molecule has 5 nitrogen and oxygen atoms in total. The Kier molecular flexibility index (Phi) is 3.71. The number of hydrogen-bond donors (Lipinski definition) is 1. The lowest BCUT2D eigenvalue weighted by molar-refractivity contribution is 0.0690. The minimum atomic E-state index is -1.06. The summed E-state index contributed by atoms with van der Waals surface area (Å²) in [6.07, 6.45) is 1.17. The molecule has 0 saturated heterocycles. The molecule has 0 unspecified atom stereocenters. The lowest BCUT2D eigenvalue weighted by Crippen LogP contribution is -2.27. The number of carboxylic acids is 1. The standard InChI is InChI=1S/C10H16N2O3/c1-4-12(5-7(2)3)10-11-8(6-15-10)9(13)14/h6-7H,4-5H2,1-3H3,(H,13,14). The van der Waals surface area contributed by atoms with Crippen LogP contribution in [0.1, 0.15) is 31.3 Å². The van der Waals surface area contributed by atoms with Crippen LogP contribution in [0.5, 0.6) is 0 Å². The van der Waals surface area contributed by atoms with Gasteiger partial charge < -0.3 is 14.4 Å². The largest absolute Gasteiger partial charge is 0.476 e. The van der Waals surface area contributed by atoms with Crippen molar-refractivity contribution in [3.05, 3.63) is 12.0 Å². The molecule has 0 aliphatic carbocycles.